The molecule has 0 atom stereocenters. The number of guanidine groups is 1. The van der Waals surface area contributed by atoms with Crippen LogP contribution in [0.5, 0.6) is 0 Å². The average Bonchev–Trinajstić information content (AvgIpc) is 2.56. The molecule has 1 aliphatic rings. The molecule has 1 aliphatic heterocycles. The number of morpholine rings is 1. The zero-order chi connectivity index (χ0) is 15.5. The van der Waals surface area contributed by atoms with Crippen molar-refractivity contribution in [2.75, 3.05) is 45.9 Å². The monoisotopic (exact) mass is 305 g/mol. The number of nitrogens with one attached hydrogen (secondary N) is 1. The van der Waals surface area contributed by atoms with Gasteiger partial charge >= 0.3 is 0 Å². The minimum atomic E-state index is 0.530. The van der Waals surface area contributed by atoms with Gasteiger partial charge in [0, 0.05) is 44.5 Å². The van der Waals surface area contributed by atoms with Gasteiger partial charge in [-0.1, -0.05) is 6.07 Å². The van der Waals surface area contributed by atoms with Gasteiger partial charge in [-0.25, -0.2) is 0 Å². The van der Waals surface area contributed by atoms with Crippen LogP contribution >= 0.6 is 0 Å². The molecule has 2 heterocycles. The van der Waals surface area contributed by atoms with E-state index < -0.39 is 0 Å². The first-order valence-corrected chi connectivity index (χ1v) is 8.08. The lowest BCUT2D eigenvalue weighted by Gasteiger charge is -2.26. The first kappa shape index (κ1) is 16.7. The Hall–Kier alpha value is -1.66. The van der Waals surface area contributed by atoms with Gasteiger partial charge < -0.3 is 15.8 Å². The summed E-state index contributed by atoms with van der Waals surface area (Å²) >= 11 is 0. The molecule has 0 radical (unpaired) electrons. The maximum atomic E-state index is 5.85. The lowest BCUT2D eigenvalue weighted by atomic mass is 10.3. The molecule has 1 saturated heterocycles. The summed E-state index contributed by atoms with van der Waals surface area (Å²) in [6, 6.07) is 5.93. The fraction of sp³-hybridized carbons (Fsp3) is 0.625. The van der Waals surface area contributed by atoms with Crippen molar-refractivity contribution in [1.29, 1.82) is 0 Å². The number of hydrogen-bond donors (Lipinski definition) is 2. The van der Waals surface area contributed by atoms with Crippen molar-refractivity contribution >= 4 is 5.96 Å². The van der Waals surface area contributed by atoms with Gasteiger partial charge in [0.25, 0.3) is 0 Å². The fourth-order valence-corrected chi connectivity index (χ4v) is 2.39. The quantitative estimate of drug-likeness (QED) is 0.419. The molecule has 0 amide bonds. The van der Waals surface area contributed by atoms with E-state index in [1.165, 1.54) is 0 Å². The van der Waals surface area contributed by atoms with Gasteiger partial charge in [0.05, 0.1) is 13.2 Å². The van der Waals surface area contributed by atoms with Crippen molar-refractivity contribution in [2.24, 2.45) is 10.7 Å². The van der Waals surface area contributed by atoms with Crippen molar-refractivity contribution < 1.29 is 4.74 Å². The molecule has 1 aromatic heterocycles. The third-order valence-electron chi connectivity index (χ3n) is 3.68. The van der Waals surface area contributed by atoms with Gasteiger partial charge in [0.15, 0.2) is 5.96 Å². The summed E-state index contributed by atoms with van der Waals surface area (Å²) in [6.07, 6.45) is 4.89. The third-order valence-corrected chi connectivity index (χ3v) is 3.68. The van der Waals surface area contributed by atoms with E-state index in [4.69, 9.17) is 10.5 Å². The number of unbranched alkanes of at least 4 members (excludes halogenated alkanes) is 1. The van der Waals surface area contributed by atoms with Crippen LogP contribution < -0.4 is 11.1 Å². The molecule has 2 rings (SSSR count). The zero-order valence-electron chi connectivity index (χ0n) is 13.2. The maximum absolute atomic E-state index is 5.85. The first-order valence-electron chi connectivity index (χ1n) is 8.08. The number of rotatable bonds is 8. The summed E-state index contributed by atoms with van der Waals surface area (Å²) in [4.78, 5) is 11.1. The van der Waals surface area contributed by atoms with E-state index in [0.29, 0.717) is 5.96 Å². The molecular weight excluding hydrogens is 278 g/mol. The van der Waals surface area contributed by atoms with Crippen molar-refractivity contribution in [3.05, 3.63) is 30.1 Å². The standard InChI is InChI=1S/C16H27N5O/c17-16(20-9-6-15-5-1-2-7-18-15)19-8-3-4-10-21-11-13-22-14-12-21/h1-2,5,7H,3-4,6,8-14H2,(H3,17,19,20). The summed E-state index contributed by atoms with van der Waals surface area (Å²) in [6.45, 7) is 6.52. The molecular formula is C16H27N5O. The fourth-order valence-electron chi connectivity index (χ4n) is 2.39. The highest BCUT2D eigenvalue weighted by Crippen LogP contribution is 2.00. The van der Waals surface area contributed by atoms with E-state index in [1.807, 2.05) is 18.2 Å². The summed E-state index contributed by atoms with van der Waals surface area (Å²) in [5.74, 6) is 0.530. The minimum absolute atomic E-state index is 0.530. The SMILES string of the molecule is NC(=NCCCCN1CCOCC1)NCCc1ccccn1. The summed E-state index contributed by atoms with van der Waals surface area (Å²) < 4.78 is 5.34. The van der Waals surface area contributed by atoms with Crippen LogP contribution in [0.4, 0.5) is 0 Å². The lowest BCUT2D eigenvalue weighted by Crippen LogP contribution is -2.36. The van der Waals surface area contributed by atoms with Crippen LogP contribution in [0, 0.1) is 0 Å². The van der Waals surface area contributed by atoms with Gasteiger partial charge in [-0.3, -0.25) is 14.9 Å². The Morgan fingerprint density at radius 1 is 1.32 bits per heavy atom. The minimum Gasteiger partial charge on any atom is -0.379 e. The van der Waals surface area contributed by atoms with E-state index >= 15 is 0 Å². The number of aliphatic imine (C=N–C) groups is 1. The maximum Gasteiger partial charge on any atom is 0.188 e. The highest BCUT2D eigenvalue weighted by Gasteiger charge is 2.08. The molecule has 0 aliphatic carbocycles. The molecule has 122 valence electrons. The lowest BCUT2D eigenvalue weighted by molar-refractivity contribution is 0.0373. The van der Waals surface area contributed by atoms with Gasteiger partial charge in [-0.15, -0.1) is 0 Å². The second-order valence-electron chi connectivity index (χ2n) is 5.43. The van der Waals surface area contributed by atoms with Crippen LogP contribution in [0.25, 0.3) is 0 Å². The van der Waals surface area contributed by atoms with E-state index in [9.17, 15) is 0 Å². The average molecular weight is 305 g/mol. The van der Waals surface area contributed by atoms with Crippen LogP contribution in [0.2, 0.25) is 0 Å². The first-order chi connectivity index (χ1) is 10.8. The third kappa shape index (κ3) is 6.87. The Labute approximate surface area is 132 Å². The van der Waals surface area contributed by atoms with Crippen molar-refractivity contribution in [2.45, 2.75) is 19.3 Å². The molecule has 3 N–H and O–H groups in total. The Balaban J connectivity index is 1.50. The molecule has 0 unspecified atom stereocenters. The topological polar surface area (TPSA) is 75.8 Å². The number of ether oxygens (including phenoxy) is 1. The largest absolute Gasteiger partial charge is 0.379 e. The van der Waals surface area contributed by atoms with Crippen molar-refractivity contribution in [1.82, 2.24) is 15.2 Å². The molecule has 0 bridgehead atoms. The number of nitrogens with zero attached hydrogens (tertiary/aromatic N) is 3. The number of hydrogen-bond acceptors (Lipinski definition) is 4. The van der Waals surface area contributed by atoms with Gasteiger partial charge in [0.1, 0.15) is 0 Å². The van der Waals surface area contributed by atoms with Crippen LogP contribution in [0.15, 0.2) is 29.4 Å². The van der Waals surface area contributed by atoms with Crippen LogP contribution in [0.3, 0.4) is 0 Å². The number of pyridine rings is 1. The van der Waals surface area contributed by atoms with Crippen LogP contribution in [-0.4, -0.2) is 61.8 Å². The normalized spacial score (nSPS) is 16.6. The van der Waals surface area contributed by atoms with Gasteiger partial charge in [0.2, 0.25) is 0 Å². The predicted octanol–water partition coefficient (Wildman–Crippen LogP) is 0.641. The molecule has 6 nitrogen and oxygen atoms in total. The molecule has 1 aromatic rings. The van der Waals surface area contributed by atoms with E-state index in [-0.39, 0.29) is 0 Å². The molecule has 0 spiro atoms. The zero-order valence-corrected chi connectivity index (χ0v) is 13.2. The second kappa shape index (κ2) is 10.1. The van der Waals surface area contributed by atoms with Crippen LogP contribution in [0.1, 0.15) is 18.5 Å². The molecule has 22 heavy (non-hydrogen) atoms. The smallest absolute Gasteiger partial charge is 0.188 e. The van der Waals surface area contributed by atoms with Crippen LogP contribution in [-0.2, 0) is 11.2 Å². The Morgan fingerprint density at radius 3 is 2.95 bits per heavy atom. The molecule has 0 aromatic carbocycles. The number of nitrogens with two attached hydrogens (primary N) is 1. The summed E-state index contributed by atoms with van der Waals surface area (Å²) in [5.41, 5.74) is 6.92. The van der Waals surface area contributed by atoms with Gasteiger partial charge in [-0.2, -0.15) is 0 Å². The highest BCUT2D eigenvalue weighted by atomic mass is 16.5. The summed E-state index contributed by atoms with van der Waals surface area (Å²) in [7, 11) is 0. The van der Waals surface area contributed by atoms with E-state index in [1.54, 1.807) is 6.20 Å². The molecule has 1 fully saturated rings. The highest BCUT2D eigenvalue weighted by molar-refractivity contribution is 5.77. The van der Waals surface area contributed by atoms with E-state index in [0.717, 1.165) is 70.9 Å². The second-order valence-corrected chi connectivity index (χ2v) is 5.43. The number of aromatic nitrogens is 1. The van der Waals surface area contributed by atoms with E-state index in [2.05, 4.69) is 20.2 Å². The predicted molar refractivity (Wildman–Crippen MR) is 88.9 cm³/mol. The summed E-state index contributed by atoms with van der Waals surface area (Å²) in [5, 5.41) is 3.13. The van der Waals surface area contributed by atoms with Crippen molar-refractivity contribution in [3.8, 4) is 0 Å². The Kier molecular flexibility index (Phi) is 7.69. The molecule has 0 saturated carbocycles. The van der Waals surface area contributed by atoms with Gasteiger partial charge in [-0.05, 0) is 31.5 Å². The Morgan fingerprint density at radius 2 is 2.18 bits per heavy atom. The van der Waals surface area contributed by atoms with Crippen molar-refractivity contribution in [3.63, 3.8) is 0 Å². The molecule has 6 heteroatoms. The Bertz CT molecular complexity index is 431.